The molecule has 1 aromatic heterocycles. The molecule has 3 heterocycles. The van der Waals surface area contributed by atoms with Crippen molar-refractivity contribution >= 4 is 38.9 Å². The summed E-state index contributed by atoms with van der Waals surface area (Å²) in [5.41, 5.74) is 0.807. The number of hydrogen-bond acceptors (Lipinski definition) is 9. The molecule has 2 fully saturated rings. The van der Waals surface area contributed by atoms with Gasteiger partial charge in [0.25, 0.3) is 0 Å². The quantitative estimate of drug-likeness (QED) is 0.613. The van der Waals surface area contributed by atoms with E-state index >= 15 is 0 Å². The van der Waals surface area contributed by atoms with E-state index in [2.05, 4.69) is 40.5 Å². The Morgan fingerprint density at radius 3 is 2.44 bits per heavy atom. The van der Waals surface area contributed by atoms with E-state index in [1.54, 1.807) is 29.2 Å². The van der Waals surface area contributed by atoms with E-state index in [0.29, 0.717) is 0 Å². The molecular formula is C24H29ClN6O4S. The van der Waals surface area contributed by atoms with Crippen LogP contribution in [0.25, 0.3) is 0 Å². The summed E-state index contributed by atoms with van der Waals surface area (Å²) in [6, 6.07) is 6.86. The van der Waals surface area contributed by atoms with Crippen LogP contribution in [0.2, 0.25) is 5.02 Å². The van der Waals surface area contributed by atoms with Gasteiger partial charge in [-0.25, -0.2) is 23.2 Å². The van der Waals surface area contributed by atoms with Crippen molar-refractivity contribution in [2.45, 2.75) is 42.9 Å². The van der Waals surface area contributed by atoms with Gasteiger partial charge in [-0.3, -0.25) is 4.90 Å². The van der Waals surface area contributed by atoms with Crippen molar-refractivity contribution in [1.29, 1.82) is 5.26 Å². The van der Waals surface area contributed by atoms with Crippen LogP contribution in [-0.4, -0.2) is 84.4 Å². The van der Waals surface area contributed by atoms with Gasteiger partial charge in [0, 0.05) is 56.7 Å². The minimum atomic E-state index is -3.79. The fourth-order valence-electron chi connectivity index (χ4n) is 4.72. The zero-order valence-corrected chi connectivity index (χ0v) is 22.1. The van der Waals surface area contributed by atoms with Crippen LogP contribution in [0.5, 0.6) is 0 Å². The minimum Gasteiger partial charge on any atom is -0.477 e. The number of piperazine rings is 1. The van der Waals surface area contributed by atoms with Gasteiger partial charge in [-0.2, -0.15) is 5.26 Å². The van der Waals surface area contributed by atoms with E-state index in [-0.39, 0.29) is 52.2 Å². The molecular weight excluding hydrogens is 504 g/mol. The Kier molecular flexibility index (Phi) is 7.14. The second-order valence-corrected chi connectivity index (χ2v) is 12.6. The molecule has 0 saturated carbocycles. The lowest BCUT2D eigenvalue weighted by Crippen LogP contribution is -2.53. The lowest BCUT2D eigenvalue weighted by atomic mass is 10.0. The molecule has 2 saturated heterocycles. The highest BCUT2D eigenvalue weighted by Crippen LogP contribution is 2.34. The first-order chi connectivity index (χ1) is 16.9. The molecule has 0 aliphatic carbocycles. The van der Waals surface area contributed by atoms with Crippen LogP contribution in [0.3, 0.4) is 0 Å². The third-order valence-electron chi connectivity index (χ3n) is 6.80. The van der Waals surface area contributed by atoms with Gasteiger partial charge in [0.2, 0.25) is 5.82 Å². The molecule has 2 aliphatic rings. The third kappa shape index (κ3) is 5.12. The van der Waals surface area contributed by atoms with Crippen molar-refractivity contribution in [2.75, 3.05) is 49.1 Å². The third-order valence-corrected chi connectivity index (χ3v) is 9.45. The Labute approximate surface area is 216 Å². The van der Waals surface area contributed by atoms with E-state index in [0.717, 1.165) is 38.1 Å². The first-order valence-corrected chi connectivity index (χ1v) is 13.6. The van der Waals surface area contributed by atoms with Gasteiger partial charge in [0.05, 0.1) is 15.2 Å². The molecule has 192 valence electrons. The van der Waals surface area contributed by atoms with Gasteiger partial charge in [-0.15, -0.1) is 0 Å². The molecule has 0 spiro atoms. The van der Waals surface area contributed by atoms with Crippen LogP contribution in [-0.2, 0) is 9.84 Å². The fourth-order valence-corrected chi connectivity index (χ4v) is 6.96. The van der Waals surface area contributed by atoms with Crippen molar-refractivity contribution in [2.24, 2.45) is 0 Å². The molecule has 0 radical (unpaired) electrons. The summed E-state index contributed by atoms with van der Waals surface area (Å²) in [4.78, 5) is 25.6. The number of aromatic nitrogens is 2. The molecule has 0 unspecified atom stereocenters. The summed E-state index contributed by atoms with van der Waals surface area (Å²) in [6.07, 6.45) is 1.35. The number of sulfone groups is 1. The standard InChI is InChI=1S/C24H29ClN6O4S/c1-24(2,3)31-10-8-29(9-11-31)16-4-5-20(19(25)12-16)36(34,35)17-6-7-30(15-17)22-18(23(32)33)14-27-21(13-26)28-22/h4-5,12,14,17H,6-11,15H2,1-3H3,(H,32,33)/t17-/m0/s1. The summed E-state index contributed by atoms with van der Waals surface area (Å²) in [6.45, 7) is 10.4. The first-order valence-electron chi connectivity index (χ1n) is 11.7. The van der Waals surface area contributed by atoms with Crippen molar-refractivity contribution < 1.29 is 18.3 Å². The Hall–Kier alpha value is -2.94. The molecule has 36 heavy (non-hydrogen) atoms. The highest BCUT2D eigenvalue weighted by atomic mass is 35.5. The smallest absolute Gasteiger partial charge is 0.341 e. The molecule has 0 amide bonds. The zero-order valence-electron chi connectivity index (χ0n) is 20.5. The first kappa shape index (κ1) is 26.1. The van der Waals surface area contributed by atoms with E-state index in [1.165, 1.54) is 0 Å². The Balaban J connectivity index is 1.51. The van der Waals surface area contributed by atoms with Crippen LogP contribution in [0.1, 0.15) is 43.4 Å². The highest BCUT2D eigenvalue weighted by molar-refractivity contribution is 7.92. The lowest BCUT2D eigenvalue weighted by molar-refractivity contribution is 0.0696. The number of rotatable bonds is 5. The summed E-state index contributed by atoms with van der Waals surface area (Å²) in [5, 5.41) is 18.0. The number of carboxylic acids is 1. The zero-order chi connectivity index (χ0) is 26.3. The average molecular weight is 533 g/mol. The maximum atomic E-state index is 13.5. The number of aromatic carboxylic acids is 1. The average Bonchev–Trinajstić information content (AvgIpc) is 3.34. The molecule has 1 N–H and O–H groups in total. The number of benzene rings is 1. The van der Waals surface area contributed by atoms with Gasteiger partial charge in [-0.05, 0) is 45.4 Å². The molecule has 10 nitrogen and oxygen atoms in total. The van der Waals surface area contributed by atoms with E-state index in [4.69, 9.17) is 16.9 Å². The normalized spacial score (nSPS) is 19.4. The number of hydrogen-bond donors (Lipinski definition) is 1. The van der Waals surface area contributed by atoms with Gasteiger partial charge in [-0.1, -0.05) is 11.6 Å². The predicted molar refractivity (Wildman–Crippen MR) is 137 cm³/mol. The van der Waals surface area contributed by atoms with E-state index in [9.17, 15) is 18.3 Å². The summed E-state index contributed by atoms with van der Waals surface area (Å²) < 4.78 is 27.0. The Bertz CT molecular complexity index is 1310. The van der Waals surface area contributed by atoms with Crippen molar-refractivity contribution in [3.8, 4) is 6.07 Å². The number of halogens is 1. The van der Waals surface area contributed by atoms with Crippen LogP contribution in [0.15, 0.2) is 29.3 Å². The summed E-state index contributed by atoms with van der Waals surface area (Å²) in [5.74, 6) is -1.38. The lowest BCUT2D eigenvalue weighted by Gasteiger charge is -2.43. The van der Waals surface area contributed by atoms with Crippen LogP contribution in [0.4, 0.5) is 11.5 Å². The van der Waals surface area contributed by atoms with Gasteiger partial charge in [0.1, 0.15) is 17.5 Å². The van der Waals surface area contributed by atoms with Crippen molar-refractivity contribution in [1.82, 2.24) is 14.9 Å². The van der Waals surface area contributed by atoms with Gasteiger partial charge in [0.15, 0.2) is 9.84 Å². The largest absolute Gasteiger partial charge is 0.477 e. The second kappa shape index (κ2) is 9.84. The summed E-state index contributed by atoms with van der Waals surface area (Å²) in [7, 11) is -3.79. The maximum absolute atomic E-state index is 13.5. The fraction of sp³-hybridized carbons (Fsp3) is 0.500. The van der Waals surface area contributed by atoms with Gasteiger partial charge < -0.3 is 14.9 Å². The second-order valence-electron chi connectivity index (χ2n) is 10.0. The summed E-state index contributed by atoms with van der Waals surface area (Å²) >= 11 is 6.51. The number of carbonyl (C=O) groups is 1. The topological polar surface area (TPSA) is 131 Å². The number of nitriles is 1. The van der Waals surface area contributed by atoms with Crippen LogP contribution in [0, 0.1) is 11.3 Å². The SMILES string of the molecule is CC(C)(C)N1CCN(c2ccc(S(=O)(=O)[C@H]3CCN(c4nc(C#N)ncc4C(=O)O)C3)c(Cl)c2)CC1. The van der Waals surface area contributed by atoms with E-state index < -0.39 is 21.1 Å². The van der Waals surface area contributed by atoms with E-state index in [1.807, 2.05) is 0 Å². The number of anilines is 2. The Morgan fingerprint density at radius 2 is 1.86 bits per heavy atom. The number of carboxylic acid groups (broad SMARTS) is 1. The molecule has 2 aromatic rings. The van der Waals surface area contributed by atoms with Crippen LogP contribution < -0.4 is 9.80 Å². The highest BCUT2D eigenvalue weighted by Gasteiger charge is 2.37. The molecule has 0 bridgehead atoms. The predicted octanol–water partition coefficient (Wildman–Crippen LogP) is 2.67. The molecule has 1 atom stereocenters. The maximum Gasteiger partial charge on any atom is 0.341 e. The molecule has 12 heteroatoms. The van der Waals surface area contributed by atoms with Gasteiger partial charge >= 0.3 is 5.97 Å². The monoisotopic (exact) mass is 532 g/mol. The van der Waals surface area contributed by atoms with Crippen molar-refractivity contribution in [3.05, 3.63) is 40.8 Å². The number of nitrogens with zero attached hydrogens (tertiary/aromatic N) is 6. The molecule has 2 aliphatic heterocycles. The molecule has 1 aromatic carbocycles. The molecule has 4 rings (SSSR count). The Morgan fingerprint density at radius 1 is 1.17 bits per heavy atom. The van der Waals surface area contributed by atoms with Crippen LogP contribution >= 0.6 is 11.6 Å². The minimum absolute atomic E-state index is 0.0390. The van der Waals surface area contributed by atoms with Crippen molar-refractivity contribution in [3.63, 3.8) is 0 Å².